The highest BCUT2D eigenvalue weighted by atomic mass is 35.5. The minimum absolute atomic E-state index is 0.721. The molecule has 0 aliphatic carbocycles. The average Bonchev–Trinajstić information content (AvgIpc) is 3.16. The Morgan fingerprint density at radius 3 is 2.77 bits per heavy atom. The number of rotatable bonds is 4. The number of hydrogen-bond donors (Lipinski definition) is 1. The fourth-order valence-corrected chi connectivity index (χ4v) is 3.05. The SMILES string of the molecule is CCN=c1scc(-c2ccc(Cl)cc2)n1N=Cc1ccc[nH]1. The van der Waals surface area contributed by atoms with Gasteiger partial charge in [-0.2, -0.15) is 5.10 Å². The molecule has 0 spiro atoms. The number of thiazole rings is 1. The molecule has 2 heterocycles. The Morgan fingerprint density at radius 2 is 2.09 bits per heavy atom. The summed E-state index contributed by atoms with van der Waals surface area (Å²) in [6, 6.07) is 11.6. The van der Waals surface area contributed by atoms with E-state index in [-0.39, 0.29) is 0 Å². The monoisotopic (exact) mass is 330 g/mol. The van der Waals surface area contributed by atoms with Crippen LogP contribution in [0.3, 0.4) is 0 Å². The van der Waals surface area contributed by atoms with E-state index in [1.54, 1.807) is 17.6 Å². The number of hydrogen-bond acceptors (Lipinski definition) is 3. The zero-order valence-corrected chi connectivity index (χ0v) is 13.6. The second-order valence-corrected chi connectivity index (χ2v) is 5.84. The van der Waals surface area contributed by atoms with Crippen LogP contribution in [0.1, 0.15) is 12.6 Å². The summed E-state index contributed by atoms with van der Waals surface area (Å²) in [7, 11) is 0. The Kier molecular flexibility index (Phi) is 4.56. The number of nitrogens with one attached hydrogen (secondary N) is 1. The molecule has 1 aromatic carbocycles. The van der Waals surface area contributed by atoms with Gasteiger partial charge >= 0.3 is 0 Å². The molecule has 0 saturated heterocycles. The second kappa shape index (κ2) is 6.77. The summed E-state index contributed by atoms with van der Waals surface area (Å²) < 4.78 is 1.86. The van der Waals surface area contributed by atoms with Crippen LogP contribution in [0.5, 0.6) is 0 Å². The summed E-state index contributed by atoms with van der Waals surface area (Å²) in [4.78, 5) is 8.48. The average molecular weight is 331 g/mol. The minimum atomic E-state index is 0.721. The van der Waals surface area contributed by atoms with Crippen LogP contribution in [-0.4, -0.2) is 22.4 Å². The lowest BCUT2D eigenvalue weighted by Crippen LogP contribution is -2.12. The maximum atomic E-state index is 5.97. The van der Waals surface area contributed by atoms with Gasteiger partial charge in [-0.1, -0.05) is 23.7 Å². The van der Waals surface area contributed by atoms with Gasteiger partial charge in [-0.3, -0.25) is 4.99 Å². The molecule has 1 N–H and O–H groups in total. The second-order valence-electron chi connectivity index (χ2n) is 4.57. The molecule has 6 heteroatoms. The van der Waals surface area contributed by atoms with Crippen molar-refractivity contribution in [2.45, 2.75) is 6.92 Å². The fourth-order valence-electron chi connectivity index (χ4n) is 2.02. The number of halogens is 1. The van der Waals surface area contributed by atoms with E-state index in [4.69, 9.17) is 11.6 Å². The van der Waals surface area contributed by atoms with Gasteiger partial charge in [-0.05, 0) is 31.2 Å². The van der Waals surface area contributed by atoms with E-state index in [2.05, 4.69) is 20.5 Å². The molecule has 3 rings (SSSR count). The van der Waals surface area contributed by atoms with Gasteiger partial charge in [0, 0.05) is 28.7 Å². The summed E-state index contributed by atoms with van der Waals surface area (Å²) in [5.41, 5.74) is 3.00. The highest BCUT2D eigenvalue weighted by Crippen LogP contribution is 2.22. The first-order valence-corrected chi connectivity index (χ1v) is 8.18. The van der Waals surface area contributed by atoms with E-state index in [1.165, 1.54) is 0 Å². The van der Waals surface area contributed by atoms with E-state index in [0.29, 0.717) is 0 Å². The molecule has 0 fully saturated rings. The molecule has 0 radical (unpaired) electrons. The van der Waals surface area contributed by atoms with Crippen molar-refractivity contribution < 1.29 is 0 Å². The van der Waals surface area contributed by atoms with E-state index in [1.807, 2.05) is 54.2 Å². The van der Waals surface area contributed by atoms with Gasteiger partial charge in [0.25, 0.3) is 0 Å². The lowest BCUT2D eigenvalue weighted by Gasteiger charge is -2.03. The molecule has 0 unspecified atom stereocenters. The molecular formula is C16H15ClN4S. The van der Waals surface area contributed by atoms with Gasteiger partial charge in [0.2, 0.25) is 4.80 Å². The van der Waals surface area contributed by atoms with Crippen molar-refractivity contribution in [1.29, 1.82) is 0 Å². The van der Waals surface area contributed by atoms with Crippen LogP contribution in [0.15, 0.2) is 58.1 Å². The predicted octanol–water partition coefficient (Wildman–Crippen LogP) is 4.00. The van der Waals surface area contributed by atoms with Gasteiger partial charge < -0.3 is 4.98 Å². The number of nitrogens with zero attached hydrogens (tertiary/aromatic N) is 3. The quantitative estimate of drug-likeness (QED) is 0.703. The van der Waals surface area contributed by atoms with Crippen LogP contribution in [0.25, 0.3) is 11.3 Å². The van der Waals surface area contributed by atoms with Gasteiger partial charge in [0.1, 0.15) is 0 Å². The van der Waals surface area contributed by atoms with Crippen LogP contribution in [0.2, 0.25) is 5.02 Å². The Morgan fingerprint density at radius 1 is 1.27 bits per heavy atom. The summed E-state index contributed by atoms with van der Waals surface area (Å²) >= 11 is 7.54. The number of aromatic nitrogens is 2. The third-order valence-electron chi connectivity index (χ3n) is 3.05. The van der Waals surface area contributed by atoms with Crippen molar-refractivity contribution in [3.05, 3.63) is 63.5 Å². The topological polar surface area (TPSA) is 45.4 Å². The van der Waals surface area contributed by atoms with Gasteiger partial charge in [-0.25, -0.2) is 4.68 Å². The Hall–Kier alpha value is -2.11. The number of benzene rings is 1. The van der Waals surface area contributed by atoms with Crippen LogP contribution in [0, 0.1) is 0 Å². The molecule has 0 amide bonds. The Balaban J connectivity index is 2.07. The van der Waals surface area contributed by atoms with E-state index in [9.17, 15) is 0 Å². The minimum Gasteiger partial charge on any atom is -0.360 e. The Bertz CT molecular complexity index is 826. The highest BCUT2D eigenvalue weighted by molar-refractivity contribution is 7.07. The highest BCUT2D eigenvalue weighted by Gasteiger charge is 2.07. The maximum absolute atomic E-state index is 5.97. The molecular weight excluding hydrogens is 316 g/mol. The first kappa shape index (κ1) is 14.8. The molecule has 0 aliphatic rings. The third-order valence-corrected chi connectivity index (χ3v) is 4.16. The molecule has 0 bridgehead atoms. The first-order valence-electron chi connectivity index (χ1n) is 6.92. The number of H-pyrrole nitrogens is 1. The fraction of sp³-hybridized carbons (Fsp3) is 0.125. The molecule has 112 valence electrons. The molecule has 3 aromatic rings. The van der Waals surface area contributed by atoms with Crippen LogP contribution < -0.4 is 4.80 Å². The summed E-state index contributed by atoms with van der Waals surface area (Å²) in [6.45, 7) is 2.74. The van der Waals surface area contributed by atoms with Crippen molar-refractivity contribution in [1.82, 2.24) is 9.66 Å². The predicted molar refractivity (Wildman–Crippen MR) is 92.6 cm³/mol. The molecule has 0 aliphatic heterocycles. The summed E-state index contributed by atoms with van der Waals surface area (Å²) in [6.07, 6.45) is 3.66. The summed E-state index contributed by atoms with van der Waals surface area (Å²) in [5.74, 6) is 0. The third kappa shape index (κ3) is 3.21. The largest absolute Gasteiger partial charge is 0.360 e. The molecule has 22 heavy (non-hydrogen) atoms. The van der Waals surface area contributed by atoms with Crippen molar-refractivity contribution in [2.24, 2.45) is 10.1 Å². The van der Waals surface area contributed by atoms with E-state index in [0.717, 1.165) is 33.3 Å². The molecule has 0 saturated carbocycles. The van der Waals surface area contributed by atoms with E-state index < -0.39 is 0 Å². The zero-order valence-electron chi connectivity index (χ0n) is 12.0. The lowest BCUT2D eigenvalue weighted by atomic mass is 10.2. The van der Waals surface area contributed by atoms with Crippen molar-refractivity contribution >= 4 is 29.2 Å². The van der Waals surface area contributed by atoms with Crippen LogP contribution >= 0.6 is 22.9 Å². The van der Waals surface area contributed by atoms with Crippen molar-refractivity contribution in [2.75, 3.05) is 6.54 Å². The van der Waals surface area contributed by atoms with Crippen LogP contribution in [0.4, 0.5) is 0 Å². The summed E-state index contributed by atoms with van der Waals surface area (Å²) in [5, 5.41) is 7.35. The molecule has 4 nitrogen and oxygen atoms in total. The van der Waals surface area contributed by atoms with Crippen molar-refractivity contribution in [3.63, 3.8) is 0 Å². The smallest absolute Gasteiger partial charge is 0.206 e. The van der Waals surface area contributed by atoms with Gasteiger partial charge in [0.15, 0.2) is 0 Å². The standard InChI is InChI=1S/C16H15ClN4S/c1-2-18-16-21(20-10-14-4-3-9-19-14)15(11-22-16)12-5-7-13(17)8-6-12/h3-11,19H,2H2,1H3. The van der Waals surface area contributed by atoms with Gasteiger partial charge in [-0.15, -0.1) is 11.3 Å². The lowest BCUT2D eigenvalue weighted by molar-refractivity contribution is 0.832. The van der Waals surface area contributed by atoms with Crippen molar-refractivity contribution in [3.8, 4) is 11.3 Å². The normalized spacial score (nSPS) is 12.4. The van der Waals surface area contributed by atoms with Gasteiger partial charge in [0.05, 0.1) is 17.6 Å². The number of aromatic amines is 1. The Labute approximate surface area is 137 Å². The molecule has 2 aromatic heterocycles. The molecule has 0 atom stereocenters. The first-order chi connectivity index (χ1) is 10.8. The maximum Gasteiger partial charge on any atom is 0.206 e. The zero-order chi connectivity index (χ0) is 15.4. The van der Waals surface area contributed by atoms with Crippen LogP contribution in [-0.2, 0) is 0 Å². The van der Waals surface area contributed by atoms with E-state index >= 15 is 0 Å².